The summed E-state index contributed by atoms with van der Waals surface area (Å²) in [6, 6.07) is 10.8. The number of rotatable bonds is 2. The summed E-state index contributed by atoms with van der Waals surface area (Å²) in [5.41, 5.74) is 2.11. The zero-order valence-electron chi connectivity index (χ0n) is 12.7. The van der Waals surface area contributed by atoms with Crippen molar-refractivity contribution < 1.29 is 9.90 Å². The maximum Gasteiger partial charge on any atom is 0.266 e. The third-order valence-corrected chi connectivity index (χ3v) is 4.38. The Morgan fingerprint density at radius 3 is 2.83 bits per heavy atom. The van der Waals surface area contributed by atoms with Crippen LogP contribution in [0.15, 0.2) is 52.5 Å². The van der Waals surface area contributed by atoms with Gasteiger partial charge >= 0.3 is 0 Å². The molecule has 0 saturated carbocycles. The van der Waals surface area contributed by atoms with Gasteiger partial charge in [-0.25, -0.2) is 4.99 Å². The van der Waals surface area contributed by atoms with E-state index >= 15 is 0 Å². The first-order valence-corrected chi connectivity index (χ1v) is 7.83. The van der Waals surface area contributed by atoms with Crippen LogP contribution in [-0.4, -0.2) is 33.1 Å². The minimum atomic E-state index is -0.133. The minimum absolute atomic E-state index is 0.0982. The average molecular weight is 325 g/mol. The summed E-state index contributed by atoms with van der Waals surface area (Å²) in [6.07, 6.45) is 3.42. The molecule has 0 radical (unpaired) electrons. The van der Waals surface area contributed by atoms with Crippen LogP contribution in [0, 0.1) is 6.92 Å². The first-order chi connectivity index (χ1) is 11.0. The Bertz CT molecular complexity index is 816. The number of amidine groups is 1. The predicted molar refractivity (Wildman–Crippen MR) is 92.5 cm³/mol. The molecule has 2 heterocycles. The number of thioether (sulfide) groups is 1. The Kier molecular flexibility index (Phi) is 4.16. The van der Waals surface area contributed by atoms with Gasteiger partial charge in [0.05, 0.1) is 10.6 Å². The van der Waals surface area contributed by atoms with Crippen LogP contribution >= 0.6 is 11.8 Å². The Balaban J connectivity index is 1.92. The molecule has 1 fully saturated rings. The van der Waals surface area contributed by atoms with E-state index in [2.05, 4.69) is 9.98 Å². The van der Waals surface area contributed by atoms with E-state index in [1.54, 1.807) is 31.5 Å². The van der Waals surface area contributed by atoms with Crippen molar-refractivity contribution in [2.24, 2.45) is 4.99 Å². The van der Waals surface area contributed by atoms with Gasteiger partial charge in [0.25, 0.3) is 5.91 Å². The van der Waals surface area contributed by atoms with Crippen molar-refractivity contribution in [1.29, 1.82) is 0 Å². The topological polar surface area (TPSA) is 65.8 Å². The number of nitrogens with zero attached hydrogens (tertiary/aromatic N) is 3. The number of aromatic nitrogens is 1. The number of aryl methyl sites for hydroxylation is 1. The average Bonchev–Trinajstić information content (AvgIpc) is 2.79. The SMILES string of the molecule is Cc1ccc(N=C2S/C(=C\c3ccccn3)C(=O)N2C)c(O)c1. The molecule has 1 aliphatic rings. The van der Waals surface area contributed by atoms with Crippen LogP contribution in [-0.2, 0) is 4.79 Å². The summed E-state index contributed by atoms with van der Waals surface area (Å²) >= 11 is 1.27. The molecule has 0 spiro atoms. The smallest absolute Gasteiger partial charge is 0.266 e. The monoisotopic (exact) mass is 325 g/mol. The number of carbonyl (C=O) groups excluding carboxylic acids is 1. The zero-order chi connectivity index (χ0) is 16.4. The highest BCUT2D eigenvalue weighted by Crippen LogP contribution is 2.35. The molecular weight excluding hydrogens is 310 g/mol. The summed E-state index contributed by atoms with van der Waals surface area (Å²) in [5, 5.41) is 10.5. The Morgan fingerprint density at radius 1 is 1.30 bits per heavy atom. The fourth-order valence-electron chi connectivity index (χ4n) is 2.08. The summed E-state index contributed by atoms with van der Waals surface area (Å²) in [7, 11) is 1.67. The number of aliphatic imine (C=N–C) groups is 1. The Hall–Kier alpha value is -2.60. The lowest BCUT2D eigenvalue weighted by Gasteiger charge is -2.08. The van der Waals surface area contributed by atoms with Crippen molar-refractivity contribution in [1.82, 2.24) is 9.88 Å². The summed E-state index contributed by atoms with van der Waals surface area (Å²) in [5.74, 6) is -0.0351. The number of hydrogen-bond donors (Lipinski definition) is 1. The highest BCUT2D eigenvalue weighted by atomic mass is 32.2. The Morgan fingerprint density at radius 2 is 2.13 bits per heavy atom. The molecule has 1 aromatic carbocycles. The van der Waals surface area contributed by atoms with Gasteiger partial charge in [0.1, 0.15) is 11.4 Å². The van der Waals surface area contributed by atoms with Crippen LogP contribution in [0.25, 0.3) is 6.08 Å². The predicted octanol–water partition coefficient (Wildman–Crippen LogP) is 3.33. The standard InChI is InChI=1S/C17H15N3O2S/c1-11-6-7-13(14(21)9-11)19-17-20(2)16(22)15(23-17)10-12-5-3-4-8-18-12/h3-10,21H,1-2H3/b15-10-,19-17?. The number of phenolic OH excluding ortho intramolecular Hbond substituents is 1. The summed E-state index contributed by atoms with van der Waals surface area (Å²) < 4.78 is 0. The van der Waals surface area contributed by atoms with Crippen molar-refractivity contribution in [3.8, 4) is 5.75 Å². The molecule has 0 aliphatic carbocycles. The summed E-state index contributed by atoms with van der Waals surface area (Å²) in [4.78, 5) is 22.9. The lowest BCUT2D eigenvalue weighted by Crippen LogP contribution is -2.23. The number of benzene rings is 1. The van der Waals surface area contributed by atoms with E-state index in [0.717, 1.165) is 11.3 Å². The van der Waals surface area contributed by atoms with Crippen molar-refractivity contribution in [2.75, 3.05) is 7.05 Å². The quantitative estimate of drug-likeness (QED) is 0.860. The van der Waals surface area contributed by atoms with Crippen LogP contribution in [0.3, 0.4) is 0 Å². The zero-order valence-corrected chi connectivity index (χ0v) is 13.5. The van der Waals surface area contributed by atoms with E-state index in [1.807, 2.05) is 31.2 Å². The van der Waals surface area contributed by atoms with E-state index in [4.69, 9.17) is 0 Å². The number of likely N-dealkylation sites (N-methyl/N-ethyl adjacent to an activating group) is 1. The maximum atomic E-state index is 12.3. The van der Waals surface area contributed by atoms with Crippen LogP contribution in [0.1, 0.15) is 11.3 Å². The number of amides is 1. The molecule has 2 aromatic rings. The van der Waals surface area contributed by atoms with Crippen molar-refractivity contribution in [3.05, 3.63) is 58.8 Å². The summed E-state index contributed by atoms with van der Waals surface area (Å²) in [6.45, 7) is 1.89. The van der Waals surface area contributed by atoms with Gasteiger partial charge in [-0.3, -0.25) is 14.7 Å². The van der Waals surface area contributed by atoms with Gasteiger partial charge in [0.15, 0.2) is 5.17 Å². The number of carbonyl (C=O) groups is 1. The van der Waals surface area contributed by atoms with Crippen molar-refractivity contribution >= 4 is 34.6 Å². The maximum absolute atomic E-state index is 12.3. The van der Waals surface area contributed by atoms with E-state index < -0.39 is 0 Å². The van der Waals surface area contributed by atoms with Gasteiger partial charge in [-0.2, -0.15) is 0 Å². The molecule has 0 unspecified atom stereocenters. The lowest BCUT2D eigenvalue weighted by atomic mass is 10.2. The molecule has 1 N–H and O–H groups in total. The highest BCUT2D eigenvalue weighted by molar-refractivity contribution is 8.18. The molecule has 1 aromatic heterocycles. The van der Waals surface area contributed by atoms with E-state index in [9.17, 15) is 9.90 Å². The highest BCUT2D eigenvalue weighted by Gasteiger charge is 2.30. The molecule has 1 amide bonds. The van der Waals surface area contributed by atoms with Crippen LogP contribution in [0.4, 0.5) is 5.69 Å². The molecule has 23 heavy (non-hydrogen) atoms. The van der Waals surface area contributed by atoms with Crippen LogP contribution in [0.2, 0.25) is 0 Å². The molecule has 0 atom stereocenters. The first kappa shape index (κ1) is 15.3. The van der Waals surface area contributed by atoms with Gasteiger partial charge in [-0.05, 0) is 54.6 Å². The first-order valence-electron chi connectivity index (χ1n) is 7.01. The molecule has 1 saturated heterocycles. The largest absolute Gasteiger partial charge is 0.506 e. The molecule has 6 heteroatoms. The number of phenols is 1. The lowest BCUT2D eigenvalue weighted by molar-refractivity contribution is -0.121. The molecule has 1 aliphatic heterocycles. The number of hydrogen-bond acceptors (Lipinski definition) is 5. The van der Waals surface area contributed by atoms with Crippen LogP contribution in [0.5, 0.6) is 5.75 Å². The van der Waals surface area contributed by atoms with E-state index in [-0.39, 0.29) is 11.7 Å². The third-order valence-electron chi connectivity index (χ3n) is 3.32. The van der Waals surface area contributed by atoms with Crippen LogP contribution < -0.4 is 0 Å². The van der Waals surface area contributed by atoms with Crippen molar-refractivity contribution in [2.45, 2.75) is 6.92 Å². The van der Waals surface area contributed by atoms with Gasteiger partial charge in [0.2, 0.25) is 0 Å². The number of pyridine rings is 1. The molecule has 116 valence electrons. The molecular formula is C17H15N3O2S. The van der Waals surface area contributed by atoms with E-state index in [0.29, 0.717) is 15.8 Å². The fourth-order valence-corrected chi connectivity index (χ4v) is 3.04. The Labute approximate surface area is 138 Å². The van der Waals surface area contributed by atoms with Gasteiger partial charge in [-0.15, -0.1) is 0 Å². The molecule has 3 rings (SSSR count). The van der Waals surface area contributed by atoms with Crippen molar-refractivity contribution in [3.63, 3.8) is 0 Å². The normalized spacial score (nSPS) is 18.2. The molecule has 0 bridgehead atoms. The van der Waals surface area contributed by atoms with E-state index in [1.165, 1.54) is 16.7 Å². The minimum Gasteiger partial charge on any atom is -0.506 e. The second kappa shape index (κ2) is 6.26. The third kappa shape index (κ3) is 3.27. The number of aromatic hydroxyl groups is 1. The van der Waals surface area contributed by atoms with Gasteiger partial charge in [-0.1, -0.05) is 12.1 Å². The fraction of sp³-hybridized carbons (Fsp3) is 0.118. The molecule has 5 nitrogen and oxygen atoms in total. The van der Waals surface area contributed by atoms with Gasteiger partial charge < -0.3 is 5.11 Å². The second-order valence-corrected chi connectivity index (χ2v) is 6.13. The second-order valence-electron chi connectivity index (χ2n) is 5.12. The van der Waals surface area contributed by atoms with Gasteiger partial charge in [0, 0.05) is 13.2 Å².